The average Bonchev–Trinajstić information content (AvgIpc) is 3.32. The molecular weight excluding hydrogens is 266 g/mol. The van der Waals surface area contributed by atoms with E-state index >= 15 is 0 Å². The minimum Gasteiger partial charge on any atom is -0.475 e. The average molecular weight is 285 g/mol. The number of anilines is 1. The number of para-hydroxylation sites is 1. The molecule has 5 heteroatoms. The zero-order chi connectivity index (χ0) is 14.8. The number of aromatic carboxylic acids is 1. The van der Waals surface area contributed by atoms with E-state index < -0.39 is 5.97 Å². The number of carbonyl (C=O) groups is 1. The highest BCUT2D eigenvalue weighted by atomic mass is 16.4. The van der Waals surface area contributed by atoms with Crippen molar-refractivity contribution in [2.45, 2.75) is 38.6 Å². The lowest BCUT2D eigenvalue weighted by atomic mass is 10.2. The van der Waals surface area contributed by atoms with E-state index in [2.05, 4.69) is 21.8 Å². The number of rotatable bonds is 6. The molecule has 0 aliphatic heterocycles. The van der Waals surface area contributed by atoms with Gasteiger partial charge in [-0.2, -0.15) is 0 Å². The second-order valence-corrected chi connectivity index (χ2v) is 5.47. The van der Waals surface area contributed by atoms with Crippen molar-refractivity contribution in [3.8, 4) is 0 Å². The number of hydrogen-bond acceptors (Lipinski definition) is 4. The highest BCUT2D eigenvalue weighted by Crippen LogP contribution is 2.34. The van der Waals surface area contributed by atoms with Gasteiger partial charge in [-0.05, 0) is 31.4 Å². The summed E-state index contributed by atoms with van der Waals surface area (Å²) in [4.78, 5) is 22.0. The molecule has 1 aliphatic carbocycles. The molecule has 1 aromatic heterocycles. The van der Waals surface area contributed by atoms with Gasteiger partial charge in [0.25, 0.3) is 0 Å². The number of carboxylic acid groups (broad SMARTS) is 1. The zero-order valence-electron chi connectivity index (χ0n) is 12.1. The Labute approximate surface area is 123 Å². The fraction of sp³-hybridized carbons (Fsp3) is 0.438. The van der Waals surface area contributed by atoms with E-state index in [-0.39, 0.29) is 5.82 Å². The number of fused-ring (bicyclic) bond motifs is 1. The van der Waals surface area contributed by atoms with Gasteiger partial charge in [-0.1, -0.05) is 25.5 Å². The van der Waals surface area contributed by atoms with Crippen LogP contribution in [-0.2, 0) is 0 Å². The second kappa shape index (κ2) is 5.68. The Hall–Kier alpha value is -2.17. The van der Waals surface area contributed by atoms with Crippen LogP contribution in [0.15, 0.2) is 24.3 Å². The molecule has 21 heavy (non-hydrogen) atoms. The zero-order valence-corrected chi connectivity index (χ0v) is 12.1. The molecule has 0 spiro atoms. The van der Waals surface area contributed by atoms with Gasteiger partial charge in [0, 0.05) is 18.0 Å². The van der Waals surface area contributed by atoms with Gasteiger partial charge >= 0.3 is 5.97 Å². The van der Waals surface area contributed by atoms with Crippen molar-refractivity contribution in [3.63, 3.8) is 0 Å². The van der Waals surface area contributed by atoms with E-state index in [9.17, 15) is 9.90 Å². The van der Waals surface area contributed by atoms with Crippen molar-refractivity contribution < 1.29 is 9.90 Å². The molecule has 0 bridgehead atoms. The van der Waals surface area contributed by atoms with Gasteiger partial charge < -0.3 is 10.0 Å². The van der Waals surface area contributed by atoms with Crippen LogP contribution in [0, 0.1) is 0 Å². The van der Waals surface area contributed by atoms with Crippen LogP contribution in [0.2, 0.25) is 0 Å². The summed E-state index contributed by atoms with van der Waals surface area (Å²) < 4.78 is 0. The third-order valence-corrected chi connectivity index (χ3v) is 3.79. The maximum atomic E-state index is 11.3. The summed E-state index contributed by atoms with van der Waals surface area (Å²) in [5, 5.41) is 10.2. The van der Waals surface area contributed by atoms with E-state index in [0.29, 0.717) is 11.6 Å². The van der Waals surface area contributed by atoms with E-state index in [1.807, 2.05) is 24.3 Å². The molecule has 0 unspecified atom stereocenters. The van der Waals surface area contributed by atoms with Crippen LogP contribution in [0.3, 0.4) is 0 Å². The lowest BCUT2D eigenvalue weighted by molar-refractivity contribution is 0.0684. The van der Waals surface area contributed by atoms with E-state index in [0.717, 1.165) is 43.4 Å². The Kier molecular flexibility index (Phi) is 3.73. The van der Waals surface area contributed by atoms with Gasteiger partial charge in [0.15, 0.2) is 0 Å². The smallest absolute Gasteiger partial charge is 0.374 e. The van der Waals surface area contributed by atoms with Gasteiger partial charge in [-0.15, -0.1) is 0 Å². The third-order valence-electron chi connectivity index (χ3n) is 3.79. The fourth-order valence-electron chi connectivity index (χ4n) is 2.55. The topological polar surface area (TPSA) is 66.3 Å². The molecule has 0 radical (unpaired) electrons. The highest BCUT2D eigenvalue weighted by molar-refractivity contribution is 5.94. The quantitative estimate of drug-likeness (QED) is 0.883. The first-order valence-corrected chi connectivity index (χ1v) is 7.47. The molecule has 2 aromatic rings. The highest BCUT2D eigenvalue weighted by Gasteiger charge is 2.31. The largest absolute Gasteiger partial charge is 0.475 e. The van der Waals surface area contributed by atoms with Gasteiger partial charge in [0.1, 0.15) is 5.82 Å². The molecule has 0 saturated heterocycles. The van der Waals surface area contributed by atoms with Crippen LogP contribution in [0.25, 0.3) is 10.9 Å². The van der Waals surface area contributed by atoms with Crippen LogP contribution in [0.1, 0.15) is 43.2 Å². The van der Waals surface area contributed by atoms with Crippen molar-refractivity contribution in [1.82, 2.24) is 9.97 Å². The van der Waals surface area contributed by atoms with E-state index in [1.54, 1.807) is 0 Å². The third kappa shape index (κ3) is 2.82. The number of benzene rings is 1. The van der Waals surface area contributed by atoms with Crippen molar-refractivity contribution in [2.75, 3.05) is 11.4 Å². The number of aromatic nitrogens is 2. The Morgan fingerprint density at radius 3 is 2.76 bits per heavy atom. The van der Waals surface area contributed by atoms with E-state index in [1.165, 1.54) is 0 Å². The first-order valence-electron chi connectivity index (χ1n) is 7.47. The number of carboxylic acids is 1. The predicted octanol–water partition coefficient (Wildman–Crippen LogP) is 3.10. The molecule has 110 valence electrons. The van der Waals surface area contributed by atoms with Gasteiger partial charge in [-0.25, -0.2) is 14.8 Å². The second-order valence-electron chi connectivity index (χ2n) is 5.47. The maximum Gasteiger partial charge on any atom is 0.374 e. The van der Waals surface area contributed by atoms with Crippen molar-refractivity contribution >= 4 is 22.7 Å². The normalized spacial score (nSPS) is 14.3. The summed E-state index contributed by atoms with van der Waals surface area (Å²) in [5.74, 6) is -0.423. The Bertz CT molecular complexity index is 668. The summed E-state index contributed by atoms with van der Waals surface area (Å²) in [6, 6.07) is 8.13. The Morgan fingerprint density at radius 2 is 2.10 bits per heavy atom. The standard InChI is InChI=1S/C16H19N3O2/c1-2-3-10-19(11-8-9-11)15-12-6-4-5-7-13(12)17-14(18-15)16(20)21/h4-7,11H,2-3,8-10H2,1H3,(H,20,21). The van der Waals surface area contributed by atoms with Crippen LogP contribution >= 0.6 is 0 Å². The maximum absolute atomic E-state index is 11.3. The van der Waals surface area contributed by atoms with Crippen LogP contribution in [-0.4, -0.2) is 33.6 Å². The van der Waals surface area contributed by atoms with Crippen molar-refractivity contribution in [3.05, 3.63) is 30.1 Å². The molecule has 1 aliphatic rings. The number of unbranched alkanes of at least 4 members (excludes halogenated alkanes) is 1. The Balaban J connectivity index is 2.11. The number of nitrogens with zero attached hydrogens (tertiary/aromatic N) is 3. The van der Waals surface area contributed by atoms with Crippen LogP contribution in [0.4, 0.5) is 5.82 Å². The molecule has 0 atom stereocenters. The summed E-state index contributed by atoms with van der Waals surface area (Å²) in [6.07, 6.45) is 4.50. The van der Waals surface area contributed by atoms with Gasteiger partial charge in [0.05, 0.1) is 5.52 Å². The molecular formula is C16H19N3O2. The molecule has 5 nitrogen and oxygen atoms in total. The summed E-state index contributed by atoms with van der Waals surface area (Å²) >= 11 is 0. The molecule has 3 rings (SSSR count). The minimum absolute atomic E-state index is 0.120. The molecule has 1 saturated carbocycles. The fourth-order valence-corrected chi connectivity index (χ4v) is 2.55. The monoisotopic (exact) mass is 285 g/mol. The summed E-state index contributed by atoms with van der Waals surface area (Å²) in [7, 11) is 0. The molecule has 1 N–H and O–H groups in total. The first-order chi connectivity index (χ1) is 10.2. The lowest BCUT2D eigenvalue weighted by Crippen LogP contribution is -2.28. The molecule has 0 amide bonds. The van der Waals surface area contributed by atoms with Crippen LogP contribution < -0.4 is 4.90 Å². The summed E-state index contributed by atoms with van der Waals surface area (Å²) in [5.41, 5.74) is 0.696. The molecule has 1 heterocycles. The first kappa shape index (κ1) is 13.8. The van der Waals surface area contributed by atoms with Gasteiger partial charge in [0.2, 0.25) is 5.82 Å². The summed E-state index contributed by atoms with van der Waals surface area (Å²) in [6.45, 7) is 3.08. The molecule has 1 aromatic carbocycles. The van der Waals surface area contributed by atoms with Gasteiger partial charge in [-0.3, -0.25) is 0 Å². The van der Waals surface area contributed by atoms with Crippen molar-refractivity contribution in [1.29, 1.82) is 0 Å². The minimum atomic E-state index is -1.08. The SMILES string of the molecule is CCCCN(c1nc(C(=O)O)nc2ccccc12)C1CC1. The number of hydrogen-bond donors (Lipinski definition) is 1. The molecule has 1 fully saturated rings. The Morgan fingerprint density at radius 1 is 1.33 bits per heavy atom. The van der Waals surface area contributed by atoms with Crippen LogP contribution in [0.5, 0.6) is 0 Å². The van der Waals surface area contributed by atoms with E-state index in [4.69, 9.17) is 0 Å². The van der Waals surface area contributed by atoms with Crippen molar-refractivity contribution in [2.24, 2.45) is 0 Å². The lowest BCUT2D eigenvalue weighted by Gasteiger charge is -2.24. The predicted molar refractivity (Wildman–Crippen MR) is 81.8 cm³/mol.